The number of rotatable bonds is 2. The van der Waals surface area contributed by atoms with Gasteiger partial charge in [-0.05, 0) is 38.0 Å². The van der Waals surface area contributed by atoms with E-state index in [1.807, 2.05) is 11.0 Å². The van der Waals surface area contributed by atoms with Crippen LogP contribution in [0.1, 0.15) is 29.8 Å². The first kappa shape index (κ1) is 13.4. The maximum atomic E-state index is 12.6. The molecule has 4 nitrogen and oxygen atoms in total. The molecule has 108 valence electrons. The van der Waals surface area contributed by atoms with Gasteiger partial charge in [-0.2, -0.15) is 0 Å². The van der Waals surface area contributed by atoms with Gasteiger partial charge in [0.15, 0.2) is 0 Å². The number of anilines is 1. The standard InChI is InChI=1S/C16H23N3O/c1-12(2)19-8-5-13-3-4-14(11-15(13)19)16(20)18-9-6-17-7-10-18/h3-4,11-12,17H,5-10H2,1-2H3. The number of carbonyl (C=O) groups is 1. The maximum absolute atomic E-state index is 12.6. The Balaban J connectivity index is 1.84. The smallest absolute Gasteiger partial charge is 0.254 e. The summed E-state index contributed by atoms with van der Waals surface area (Å²) < 4.78 is 0. The Labute approximate surface area is 120 Å². The molecule has 2 aliphatic heterocycles. The molecule has 0 bridgehead atoms. The zero-order chi connectivity index (χ0) is 14.1. The number of hydrogen-bond acceptors (Lipinski definition) is 3. The largest absolute Gasteiger partial charge is 0.369 e. The van der Waals surface area contributed by atoms with Crippen LogP contribution in [0.15, 0.2) is 18.2 Å². The van der Waals surface area contributed by atoms with Crippen LogP contribution in [0, 0.1) is 0 Å². The lowest BCUT2D eigenvalue weighted by Crippen LogP contribution is -2.46. The van der Waals surface area contributed by atoms with Gasteiger partial charge in [-0.3, -0.25) is 4.79 Å². The Morgan fingerprint density at radius 2 is 1.95 bits per heavy atom. The van der Waals surface area contributed by atoms with Gasteiger partial charge in [0.25, 0.3) is 5.91 Å². The van der Waals surface area contributed by atoms with Crippen molar-refractivity contribution in [3.63, 3.8) is 0 Å². The fourth-order valence-electron chi connectivity index (χ4n) is 3.12. The number of carbonyl (C=O) groups excluding carboxylic acids is 1. The average molecular weight is 273 g/mol. The minimum Gasteiger partial charge on any atom is -0.369 e. The fourth-order valence-corrected chi connectivity index (χ4v) is 3.12. The van der Waals surface area contributed by atoms with Crippen LogP contribution in [-0.2, 0) is 6.42 Å². The number of fused-ring (bicyclic) bond motifs is 1. The summed E-state index contributed by atoms with van der Waals surface area (Å²) in [7, 11) is 0. The summed E-state index contributed by atoms with van der Waals surface area (Å²) in [6.07, 6.45) is 1.09. The number of hydrogen-bond donors (Lipinski definition) is 1. The zero-order valence-corrected chi connectivity index (χ0v) is 12.4. The molecular formula is C16H23N3O. The first-order valence-corrected chi connectivity index (χ1v) is 7.56. The van der Waals surface area contributed by atoms with Crippen LogP contribution in [0.3, 0.4) is 0 Å². The van der Waals surface area contributed by atoms with E-state index < -0.39 is 0 Å². The van der Waals surface area contributed by atoms with Crippen molar-refractivity contribution < 1.29 is 4.79 Å². The molecule has 1 aromatic rings. The van der Waals surface area contributed by atoms with Crippen molar-refractivity contribution in [1.82, 2.24) is 10.2 Å². The lowest BCUT2D eigenvalue weighted by molar-refractivity contribution is 0.0736. The molecule has 4 heteroatoms. The highest BCUT2D eigenvalue weighted by Crippen LogP contribution is 2.30. The van der Waals surface area contributed by atoms with Gasteiger partial charge in [0, 0.05) is 50.0 Å². The van der Waals surface area contributed by atoms with Crippen molar-refractivity contribution in [3.05, 3.63) is 29.3 Å². The van der Waals surface area contributed by atoms with Crippen LogP contribution >= 0.6 is 0 Å². The SMILES string of the molecule is CC(C)N1CCc2ccc(C(=O)N3CCNCC3)cc21. The molecule has 1 fully saturated rings. The van der Waals surface area contributed by atoms with Crippen molar-refractivity contribution in [1.29, 1.82) is 0 Å². The van der Waals surface area contributed by atoms with E-state index in [1.165, 1.54) is 11.3 Å². The van der Waals surface area contributed by atoms with Gasteiger partial charge in [-0.25, -0.2) is 0 Å². The first-order valence-electron chi connectivity index (χ1n) is 7.56. The van der Waals surface area contributed by atoms with E-state index in [0.717, 1.165) is 44.7 Å². The Morgan fingerprint density at radius 3 is 2.65 bits per heavy atom. The Kier molecular flexibility index (Phi) is 3.66. The quantitative estimate of drug-likeness (QED) is 0.887. The fraction of sp³-hybridized carbons (Fsp3) is 0.562. The van der Waals surface area contributed by atoms with E-state index in [0.29, 0.717) is 6.04 Å². The molecule has 0 spiro atoms. The Hall–Kier alpha value is -1.55. The molecule has 20 heavy (non-hydrogen) atoms. The molecule has 1 N–H and O–H groups in total. The van der Waals surface area contributed by atoms with Gasteiger partial charge < -0.3 is 15.1 Å². The summed E-state index contributed by atoms with van der Waals surface area (Å²) in [5, 5.41) is 3.28. The van der Waals surface area contributed by atoms with Crippen molar-refractivity contribution in [2.45, 2.75) is 26.3 Å². The van der Waals surface area contributed by atoms with Gasteiger partial charge in [-0.1, -0.05) is 6.07 Å². The molecule has 0 unspecified atom stereocenters. The predicted molar refractivity (Wildman–Crippen MR) is 81.4 cm³/mol. The van der Waals surface area contributed by atoms with Crippen LogP contribution in [0.25, 0.3) is 0 Å². The number of nitrogens with one attached hydrogen (secondary N) is 1. The number of benzene rings is 1. The highest BCUT2D eigenvalue weighted by Gasteiger charge is 2.24. The second-order valence-electron chi connectivity index (χ2n) is 5.92. The Bertz CT molecular complexity index is 506. The molecule has 0 aliphatic carbocycles. The van der Waals surface area contributed by atoms with Crippen molar-refractivity contribution in [2.75, 3.05) is 37.6 Å². The van der Waals surface area contributed by atoms with Crippen LogP contribution in [-0.4, -0.2) is 49.6 Å². The van der Waals surface area contributed by atoms with Gasteiger partial charge in [-0.15, -0.1) is 0 Å². The molecule has 2 aliphatic rings. The normalized spacial score (nSPS) is 18.6. The van der Waals surface area contributed by atoms with Gasteiger partial charge in [0.1, 0.15) is 0 Å². The minimum atomic E-state index is 0.171. The summed E-state index contributed by atoms with van der Waals surface area (Å²) in [6.45, 7) is 8.90. The van der Waals surface area contributed by atoms with E-state index >= 15 is 0 Å². The first-order chi connectivity index (χ1) is 9.66. The lowest BCUT2D eigenvalue weighted by Gasteiger charge is -2.28. The highest BCUT2D eigenvalue weighted by atomic mass is 16.2. The Morgan fingerprint density at radius 1 is 1.20 bits per heavy atom. The molecular weight excluding hydrogens is 250 g/mol. The van der Waals surface area contributed by atoms with Gasteiger partial charge >= 0.3 is 0 Å². The van der Waals surface area contributed by atoms with Crippen LogP contribution in [0.2, 0.25) is 0 Å². The molecule has 1 aromatic carbocycles. The zero-order valence-electron chi connectivity index (χ0n) is 12.4. The third-order valence-electron chi connectivity index (χ3n) is 4.29. The number of piperazine rings is 1. The minimum absolute atomic E-state index is 0.171. The molecule has 0 saturated carbocycles. The predicted octanol–water partition coefficient (Wildman–Crippen LogP) is 1.50. The molecule has 0 aromatic heterocycles. The molecule has 0 radical (unpaired) electrons. The maximum Gasteiger partial charge on any atom is 0.254 e. The third-order valence-corrected chi connectivity index (χ3v) is 4.29. The van der Waals surface area contributed by atoms with Crippen molar-refractivity contribution >= 4 is 11.6 Å². The average Bonchev–Trinajstić information content (AvgIpc) is 2.90. The molecule has 3 rings (SSSR count). The number of nitrogens with zero attached hydrogens (tertiary/aromatic N) is 2. The van der Waals surface area contributed by atoms with E-state index in [-0.39, 0.29) is 5.91 Å². The van der Waals surface area contributed by atoms with Crippen molar-refractivity contribution in [2.24, 2.45) is 0 Å². The second-order valence-corrected chi connectivity index (χ2v) is 5.92. The summed E-state index contributed by atoms with van der Waals surface area (Å²) in [6, 6.07) is 6.70. The van der Waals surface area contributed by atoms with E-state index in [4.69, 9.17) is 0 Å². The highest BCUT2D eigenvalue weighted by molar-refractivity contribution is 5.95. The third kappa shape index (κ3) is 2.40. The summed E-state index contributed by atoms with van der Waals surface area (Å²) >= 11 is 0. The van der Waals surface area contributed by atoms with Gasteiger partial charge in [0.2, 0.25) is 0 Å². The van der Waals surface area contributed by atoms with E-state index in [9.17, 15) is 4.79 Å². The summed E-state index contributed by atoms with van der Waals surface area (Å²) in [4.78, 5) is 16.9. The van der Waals surface area contributed by atoms with Crippen LogP contribution in [0.5, 0.6) is 0 Å². The number of amides is 1. The van der Waals surface area contributed by atoms with Gasteiger partial charge in [0.05, 0.1) is 0 Å². The molecule has 0 atom stereocenters. The summed E-state index contributed by atoms with van der Waals surface area (Å²) in [5.41, 5.74) is 3.45. The second kappa shape index (κ2) is 5.44. The van der Waals surface area contributed by atoms with Crippen molar-refractivity contribution in [3.8, 4) is 0 Å². The molecule has 1 saturated heterocycles. The summed E-state index contributed by atoms with van der Waals surface area (Å²) in [5.74, 6) is 0.171. The lowest BCUT2D eigenvalue weighted by atomic mass is 10.1. The molecule has 2 heterocycles. The monoisotopic (exact) mass is 273 g/mol. The van der Waals surface area contributed by atoms with Crippen LogP contribution < -0.4 is 10.2 Å². The van der Waals surface area contributed by atoms with E-state index in [2.05, 4.69) is 36.2 Å². The topological polar surface area (TPSA) is 35.6 Å². The van der Waals surface area contributed by atoms with E-state index in [1.54, 1.807) is 0 Å². The molecule has 1 amide bonds. The van der Waals surface area contributed by atoms with Crippen LogP contribution in [0.4, 0.5) is 5.69 Å².